The second-order valence-electron chi connectivity index (χ2n) is 6.22. The molecule has 2 heterocycles. The Hall–Kier alpha value is -1.93. The number of aryl methyl sites for hydroxylation is 2. The van der Waals surface area contributed by atoms with Gasteiger partial charge >= 0.3 is 5.69 Å². The summed E-state index contributed by atoms with van der Waals surface area (Å²) in [6, 6.07) is 0. The molecule has 0 saturated heterocycles. The van der Waals surface area contributed by atoms with E-state index in [0.717, 1.165) is 12.8 Å². The highest BCUT2D eigenvalue weighted by atomic mass is 16.3. The molecule has 2 atom stereocenters. The average molecular weight is 338 g/mol. The van der Waals surface area contributed by atoms with Gasteiger partial charge in [-0.3, -0.25) is 13.9 Å². The van der Waals surface area contributed by atoms with Gasteiger partial charge in [-0.15, -0.1) is 0 Å². The van der Waals surface area contributed by atoms with E-state index in [1.165, 1.54) is 15.5 Å². The topological polar surface area (TPSA) is 102 Å². The minimum Gasteiger partial charge on any atom is -0.390 e. The first-order valence-corrected chi connectivity index (χ1v) is 8.35. The summed E-state index contributed by atoms with van der Waals surface area (Å²) in [5, 5.41) is 19.2. The molecule has 0 saturated carbocycles. The second-order valence-corrected chi connectivity index (χ2v) is 6.22. The molecule has 0 aliphatic rings. The lowest BCUT2D eigenvalue weighted by Crippen LogP contribution is -2.39. The summed E-state index contributed by atoms with van der Waals surface area (Å²) in [4.78, 5) is 28.9. The fraction of sp³-hybridized carbons (Fsp3) is 0.688. The lowest BCUT2D eigenvalue weighted by atomic mass is 10.0. The predicted octanol–water partition coefficient (Wildman–Crippen LogP) is 0.126. The number of aromatic nitrogens is 4. The fourth-order valence-corrected chi connectivity index (χ4v) is 2.86. The highest BCUT2D eigenvalue weighted by Gasteiger charge is 2.15. The summed E-state index contributed by atoms with van der Waals surface area (Å²) < 4.78 is 4.25. The minimum absolute atomic E-state index is 0.325. The minimum atomic E-state index is -0.712. The lowest BCUT2D eigenvalue weighted by molar-refractivity contribution is 0.0113. The van der Waals surface area contributed by atoms with Crippen LogP contribution in [0.5, 0.6) is 0 Å². The summed E-state index contributed by atoms with van der Waals surface area (Å²) >= 11 is 0. The predicted molar refractivity (Wildman–Crippen MR) is 91.0 cm³/mol. The Morgan fingerprint density at radius 3 is 2.50 bits per heavy atom. The number of aliphatic hydroxyl groups excluding tert-OH is 2. The van der Waals surface area contributed by atoms with Gasteiger partial charge in [0.1, 0.15) is 0 Å². The van der Waals surface area contributed by atoms with E-state index in [0.29, 0.717) is 37.0 Å². The van der Waals surface area contributed by atoms with Gasteiger partial charge in [0.15, 0.2) is 11.2 Å². The van der Waals surface area contributed by atoms with Crippen LogP contribution in [0.4, 0.5) is 0 Å². The van der Waals surface area contributed by atoms with Gasteiger partial charge in [0.25, 0.3) is 5.56 Å². The quantitative estimate of drug-likeness (QED) is 0.666. The monoisotopic (exact) mass is 338 g/mol. The number of unbranched alkanes of at least 4 members (excludes halogenated alkanes) is 2. The van der Waals surface area contributed by atoms with Gasteiger partial charge in [-0.2, -0.15) is 0 Å². The lowest BCUT2D eigenvalue weighted by Gasteiger charge is -2.15. The standard InChI is InChI=1S/C16H26N4O4/c1-4-11(21)12(22)8-6-5-7-9-20-15(23)13-14(17-10-18(13)2)19(3)16(20)24/h10-12,21-22H,4-9H2,1-3H3. The Morgan fingerprint density at radius 1 is 1.12 bits per heavy atom. The van der Waals surface area contributed by atoms with Gasteiger partial charge in [-0.25, -0.2) is 9.78 Å². The smallest absolute Gasteiger partial charge is 0.332 e. The molecule has 2 aromatic rings. The number of hydrogen-bond donors (Lipinski definition) is 2. The van der Waals surface area contributed by atoms with Crippen LogP contribution >= 0.6 is 0 Å². The van der Waals surface area contributed by atoms with Gasteiger partial charge in [0.05, 0.1) is 18.5 Å². The third-order valence-corrected chi connectivity index (χ3v) is 4.45. The first-order valence-electron chi connectivity index (χ1n) is 8.35. The largest absolute Gasteiger partial charge is 0.390 e. The molecule has 0 spiro atoms. The Morgan fingerprint density at radius 2 is 1.83 bits per heavy atom. The van der Waals surface area contributed by atoms with Crippen molar-refractivity contribution in [3.63, 3.8) is 0 Å². The molecule has 8 nitrogen and oxygen atoms in total. The number of imidazole rings is 1. The zero-order chi connectivity index (χ0) is 17.9. The van der Waals surface area contributed by atoms with Crippen LogP contribution in [-0.4, -0.2) is 41.1 Å². The average Bonchev–Trinajstić information content (AvgIpc) is 2.96. The summed E-state index contributed by atoms with van der Waals surface area (Å²) in [6.07, 6.45) is 3.33. The molecule has 0 aliphatic carbocycles. The van der Waals surface area contributed by atoms with Gasteiger partial charge in [0.2, 0.25) is 0 Å². The van der Waals surface area contributed by atoms with Crippen LogP contribution in [0.15, 0.2) is 15.9 Å². The normalized spacial score (nSPS) is 14.2. The van der Waals surface area contributed by atoms with E-state index in [2.05, 4.69) is 4.98 Å². The number of nitrogens with zero attached hydrogens (tertiary/aromatic N) is 4. The van der Waals surface area contributed by atoms with Gasteiger partial charge in [0, 0.05) is 20.6 Å². The first-order chi connectivity index (χ1) is 11.4. The van der Waals surface area contributed by atoms with Crippen molar-refractivity contribution in [2.24, 2.45) is 14.1 Å². The summed E-state index contributed by atoms with van der Waals surface area (Å²) in [5.41, 5.74) is 0.112. The van der Waals surface area contributed by atoms with Crippen molar-refractivity contribution in [2.45, 2.75) is 57.8 Å². The molecule has 8 heteroatoms. The molecule has 24 heavy (non-hydrogen) atoms. The zero-order valence-corrected chi connectivity index (χ0v) is 14.5. The van der Waals surface area contributed by atoms with Gasteiger partial charge in [-0.1, -0.05) is 19.8 Å². The van der Waals surface area contributed by atoms with E-state index in [-0.39, 0.29) is 11.2 Å². The molecule has 2 aromatic heterocycles. The molecule has 2 unspecified atom stereocenters. The van der Waals surface area contributed by atoms with E-state index in [9.17, 15) is 19.8 Å². The van der Waals surface area contributed by atoms with E-state index in [1.54, 1.807) is 18.7 Å². The summed E-state index contributed by atoms with van der Waals surface area (Å²) in [5.74, 6) is 0. The molecular weight excluding hydrogens is 312 g/mol. The summed E-state index contributed by atoms with van der Waals surface area (Å²) in [6.45, 7) is 2.16. The Bertz CT molecular complexity index is 805. The van der Waals surface area contributed by atoms with Crippen LogP contribution in [0.25, 0.3) is 11.2 Å². The van der Waals surface area contributed by atoms with Crippen molar-refractivity contribution in [2.75, 3.05) is 0 Å². The van der Waals surface area contributed by atoms with Crippen LogP contribution < -0.4 is 11.2 Å². The number of fused-ring (bicyclic) bond motifs is 1. The van der Waals surface area contributed by atoms with Crippen molar-refractivity contribution < 1.29 is 10.2 Å². The molecule has 0 aromatic carbocycles. The Labute approximate surface area is 140 Å². The van der Waals surface area contributed by atoms with Crippen molar-refractivity contribution in [1.29, 1.82) is 0 Å². The van der Waals surface area contributed by atoms with Crippen LogP contribution in [0.3, 0.4) is 0 Å². The highest BCUT2D eigenvalue weighted by Crippen LogP contribution is 2.09. The van der Waals surface area contributed by atoms with E-state index in [4.69, 9.17) is 0 Å². The van der Waals surface area contributed by atoms with Gasteiger partial charge < -0.3 is 14.8 Å². The van der Waals surface area contributed by atoms with Crippen molar-refractivity contribution in [1.82, 2.24) is 18.7 Å². The molecule has 0 fully saturated rings. The third kappa shape index (κ3) is 3.59. The highest BCUT2D eigenvalue weighted by molar-refractivity contribution is 5.69. The number of aliphatic hydroxyl groups is 2. The Balaban J connectivity index is 2.02. The van der Waals surface area contributed by atoms with Crippen LogP contribution in [0, 0.1) is 0 Å². The van der Waals surface area contributed by atoms with E-state index < -0.39 is 12.2 Å². The molecule has 2 N–H and O–H groups in total. The fourth-order valence-electron chi connectivity index (χ4n) is 2.86. The van der Waals surface area contributed by atoms with Gasteiger partial charge in [-0.05, 0) is 19.3 Å². The van der Waals surface area contributed by atoms with Crippen LogP contribution in [-0.2, 0) is 20.6 Å². The number of rotatable bonds is 8. The molecule has 0 aliphatic heterocycles. The maximum Gasteiger partial charge on any atom is 0.332 e. The molecular formula is C16H26N4O4. The molecule has 0 radical (unpaired) electrons. The zero-order valence-electron chi connectivity index (χ0n) is 14.5. The van der Waals surface area contributed by atoms with E-state index >= 15 is 0 Å². The van der Waals surface area contributed by atoms with Crippen molar-refractivity contribution in [3.05, 3.63) is 27.2 Å². The molecule has 0 bridgehead atoms. The summed E-state index contributed by atoms with van der Waals surface area (Å²) in [7, 11) is 3.34. The van der Waals surface area contributed by atoms with Crippen molar-refractivity contribution in [3.8, 4) is 0 Å². The first kappa shape index (κ1) is 18.4. The second kappa shape index (κ2) is 7.76. The Kier molecular flexibility index (Phi) is 5.95. The molecule has 0 amide bonds. The SMILES string of the molecule is CCC(O)C(O)CCCCCn1c(=O)c2c(ncn2C)n(C)c1=O. The third-order valence-electron chi connectivity index (χ3n) is 4.45. The van der Waals surface area contributed by atoms with Crippen LogP contribution in [0.2, 0.25) is 0 Å². The molecule has 134 valence electrons. The van der Waals surface area contributed by atoms with Crippen LogP contribution in [0.1, 0.15) is 39.0 Å². The van der Waals surface area contributed by atoms with E-state index in [1.807, 2.05) is 6.92 Å². The maximum atomic E-state index is 12.5. The van der Waals surface area contributed by atoms with Crippen molar-refractivity contribution >= 4 is 11.2 Å². The molecule has 2 rings (SSSR count). The number of hydrogen-bond acceptors (Lipinski definition) is 5. The maximum absolute atomic E-state index is 12.5.